The van der Waals surface area contributed by atoms with Gasteiger partial charge in [-0.2, -0.15) is 0 Å². The lowest BCUT2D eigenvalue weighted by molar-refractivity contribution is -0.161. The molecule has 0 spiro atoms. The quantitative estimate of drug-likeness (QED) is 0.0980. The Bertz CT molecular complexity index is 954. The molecule has 4 unspecified atom stereocenters. The molecule has 2 N–H and O–H groups in total. The zero-order chi connectivity index (χ0) is 29.1. The van der Waals surface area contributed by atoms with Crippen LogP contribution >= 0.6 is 0 Å². The monoisotopic (exact) mass is 536 g/mol. The van der Waals surface area contributed by atoms with Crippen molar-refractivity contribution >= 4 is 29.8 Å². The van der Waals surface area contributed by atoms with Crippen LogP contribution in [0.3, 0.4) is 0 Å². The summed E-state index contributed by atoms with van der Waals surface area (Å²) in [5.74, 6) is -3.47. The van der Waals surface area contributed by atoms with Crippen LogP contribution in [0.25, 0.3) is 0 Å². The van der Waals surface area contributed by atoms with Gasteiger partial charge in [-0.15, -0.1) is 0 Å². The molecule has 0 radical (unpaired) electrons. The van der Waals surface area contributed by atoms with E-state index in [1.165, 1.54) is 52.0 Å². The molecule has 0 bridgehead atoms. The number of esters is 4. The molecule has 4 atom stereocenters. The van der Waals surface area contributed by atoms with Gasteiger partial charge < -0.3 is 29.2 Å². The highest BCUT2D eigenvalue weighted by Crippen LogP contribution is 2.23. The van der Waals surface area contributed by atoms with Crippen LogP contribution in [0.2, 0.25) is 0 Å². The summed E-state index contributed by atoms with van der Waals surface area (Å²) in [5, 5.41) is 19.8. The Morgan fingerprint density at radius 2 is 1.34 bits per heavy atom. The van der Waals surface area contributed by atoms with E-state index in [1.54, 1.807) is 30.4 Å². The second kappa shape index (κ2) is 18.3. The van der Waals surface area contributed by atoms with E-state index >= 15 is 0 Å². The van der Waals surface area contributed by atoms with E-state index in [9.17, 15) is 29.1 Å². The van der Waals surface area contributed by atoms with Crippen LogP contribution in [0.4, 0.5) is 0 Å². The molecule has 38 heavy (non-hydrogen) atoms. The number of ether oxygens (including phenoxy) is 4. The van der Waals surface area contributed by atoms with Crippen LogP contribution < -0.4 is 0 Å². The van der Waals surface area contributed by atoms with Crippen LogP contribution in [0, 0.1) is 0 Å². The molecular weight excluding hydrogens is 500 g/mol. The maximum Gasteiger partial charge on any atom is 0.327 e. The van der Waals surface area contributed by atoms with Gasteiger partial charge in [0.2, 0.25) is 0 Å². The summed E-state index contributed by atoms with van der Waals surface area (Å²) < 4.78 is 20.5. The second-order valence-corrected chi connectivity index (χ2v) is 8.19. The number of hydrogen-bond donors (Lipinski definition) is 2. The molecular formula is C27H36O11. The number of carboxylic acids is 1. The number of allylic oxidation sites excluding steroid dienone is 4. The summed E-state index contributed by atoms with van der Waals surface area (Å²) in [6, 6.07) is 0. The number of carbonyl (C=O) groups is 5. The minimum Gasteiger partial charge on any atom is -0.478 e. The summed E-state index contributed by atoms with van der Waals surface area (Å²) in [4.78, 5) is 56.2. The number of carboxylic acid groups (broad SMARTS) is 1. The van der Waals surface area contributed by atoms with E-state index in [-0.39, 0.29) is 19.4 Å². The average Bonchev–Trinajstić information content (AvgIpc) is 2.77. The molecule has 0 aliphatic carbocycles. The van der Waals surface area contributed by atoms with Gasteiger partial charge in [-0.05, 0) is 25.2 Å². The van der Waals surface area contributed by atoms with Gasteiger partial charge in [0.25, 0.3) is 0 Å². The number of aliphatic hydroxyl groups is 1. The maximum absolute atomic E-state index is 11.8. The summed E-state index contributed by atoms with van der Waals surface area (Å²) in [5.41, 5.74) is -1.79. The predicted molar refractivity (Wildman–Crippen MR) is 136 cm³/mol. The second-order valence-electron chi connectivity index (χ2n) is 8.19. The van der Waals surface area contributed by atoms with Crippen molar-refractivity contribution in [1.29, 1.82) is 0 Å². The van der Waals surface area contributed by atoms with Crippen LogP contribution in [-0.4, -0.2) is 70.6 Å². The number of aliphatic carboxylic acids is 1. The Morgan fingerprint density at radius 1 is 0.763 bits per heavy atom. The van der Waals surface area contributed by atoms with Crippen molar-refractivity contribution < 1.29 is 53.1 Å². The zero-order valence-corrected chi connectivity index (χ0v) is 22.2. The van der Waals surface area contributed by atoms with Crippen LogP contribution in [-0.2, 0) is 42.9 Å². The molecule has 0 heterocycles. The highest BCUT2D eigenvalue weighted by Gasteiger charge is 2.35. The Morgan fingerprint density at radius 3 is 1.89 bits per heavy atom. The highest BCUT2D eigenvalue weighted by molar-refractivity contribution is 5.79. The molecule has 0 amide bonds. The SMILES string of the molecule is CC(=O)OCC=CC=CC=CC(CC(OC(C)=O)C(C)(O)C=CC(CC=CC(=O)O)OC(C)=O)OC(C)=O. The summed E-state index contributed by atoms with van der Waals surface area (Å²) in [7, 11) is 0. The van der Waals surface area contributed by atoms with E-state index in [4.69, 9.17) is 24.1 Å². The fourth-order valence-electron chi connectivity index (χ4n) is 2.90. The molecule has 0 fully saturated rings. The standard InChI is InChI=1S/C27H36O11/c1-19(28)35-17-10-8-6-7-9-12-24(37-21(3)30)18-25(38-22(4)31)27(5,34)16-15-23(36-20(2)29)13-11-14-26(32)33/h6-12,14-16,23-25,34H,13,17-18H2,1-5H3,(H,32,33). The number of carbonyl (C=O) groups excluding carboxylic acids is 4. The van der Waals surface area contributed by atoms with E-state index in [1.807, 2.05) is 0 Å². The van der Waals surface area contributed by atoms with E-state index in [0.29, 0.717) is 0 Å². The first-order chi connectivity index (χ1) is 17.7. The molecule has 0 aliphatic heterocycles. The summed E-state index contributed by atoms with van der Waals surface area (Å²) >= 11 is 0. The first-order valence-corrected chi connectivity index (χ1v) is 11.7. The van der Waals surface area contributed by atoms with Crippen molar-refractivity contribution in [2.45, 2.75) is 71.4 Å². The van der Waals surface area contributed by atoms with Gasteiger partial charge in [-0.25, -0.2) is 4.79 Å². The topological polar surface area (TPSA) is 163 Å². The van der Waals surface area contributed by atoms with Crippen molar-refractivity contribution in [3.63, 3.8) is 0 Å². The number of rotatable bonds is 16. The Hall–Kier alpha value is -3.99. The first-order valence-electron chi connectivity index (χ1n) is 11.7. The zero-order valence-electron chi connectivity index (χ0n) is 22.2. The largest absolute Gasteiger partial charge is 0.478 e. The van der Waals surface area contributed by atoms with Crippen LogP contribution in [0.1, 0.15) is 47.5 Å². The molecule has 0 saturated heterocycles. The molecule has 0 rings (SSSR count). The molecule has 0 aromatic rings. The Kier molecular flexibility index (Phi) is 16.4. The minimum atomic E-state index is -1.79. The lowest BCUT2D eigenvalue weighted by Gasteiger charge is -2.32. The highest BCUT2D eigenvalue weighted by atomic mass is 16.6. The van der Waals surface area contributed by atoms with Crippen molar-refractivity contribution in [2.24, 2.45) is 0 Å². The van der Waals surface area contributed by atoms with E-state index in [0.717, 1.165) is 13.0 Å². The molecule has 11 heteroatoms. The smallest absolute Gasteiger partial charge is 0.327 e. The lowest BCUT2D eigenvalue weighted by atomic mass is 9.92. The molecule has 0 aromatic carbocycles. The third-order valence-electron chi connectivity index (χ3n) is 4.50. The van der Waals surface area contributed by atoms with Gasteiger partial charge in [-0.1, -0.05) is 36.5 Å². The van der Waals surface area contributed by atoms with Crippen LogP contribution in [0.5, 0.6) is 0 Å². The molecule has 210 valence electrons. The van der Waals surface area contributed by atoms with Crippen molar-refractivity contribution in [1.82, 2.24) is 0 Å². The van der Waals surface area contributed by atoms with Crippen molar-refractivity contribution in [2.75, 3.05) is 6.61 Å². The Labute approximate surface area is 222 Å². The van der Waals surface area contributed by atoms with Gasteiger partial charge in [0, 0.05) is 46.6 Å². The maximum atomic E-state index is 11.8. The van der Waals surface area contributed by atoms with Crippen molar-refractivity contribution in [3.05, 3.63) is 60.8 Å². The minimum absolute atomic E-state index is 0.0250. The third kappa shape index (κ3) is 18.3. The lowest BCUT2D eigenvalue weighted by Crippen LogP contribution is -2.43. The predicted octanol–water partition coefficient (Wildman–Crippen LogP) is 2.74. The first kappa shape index (κ1) is 34.0. The Balaban J connectivity index is 5.68. The van der Waals surface area contributed by atoms with Gasteiger partial charge in [0.1, 0.15) is 30.5 Å². The van der Waals surface area contributed by atoms with Crippen LogP contribution in [0.15, 0.2) is 60.8 Å². The molecule has 0 saturated carbocycles. The summed E-state index contributed by atoms with van der Waals surface area (Å²) in [6.45, 7) is 6.34. The fraction of sp³-hybridized carbons (Fsp3) is 0.444. The normalized spacial score (nSPS) is 15.9. The van der Waals surface area contributed by atoms with Gasteiger partial charge in [-0.3, -0.25) is 19.2 Å². The summed E-state index contributed by atoms with van der Waals surface area (Å²) in [6.07, 6.45) is 11.5. The number of hydrogen-bond acceptors (Lipinski definition) is 10. The van der Waals surface area contributed by atoms with Gasteiger partial charge in [0.15, 0.2) is 0 Å². The van der Waals surface area contributed by atoms with E-state index < -0.39 is 53.8 Å². The van der Waals surface area contributed by atoms with Crippen molar-refractivity contribution in [3.8, 4) is 0 Å². The van der Waals surface area contributed by atoms with Gasteiger partial charge in [0.05, 0.1) is 0 Å². The molecule has 0 aliphatic rings. The molecule has 0 aromatic heterocycles. The third-order valence-corrected chi connectivity index (χ3v) is 4.50. The van der Waals surface area contributed by atoms with E-state index in [2.05, 4.69) is 0 Å². The van der Waals surface area contributed by atoms with Gasteiger partial charge >= 0.3 is 29.8 Å². The fourth-order valence-corrected chi connectivity index (χ4v) is 2.90. The average molecular weight is 537 g/mol. The molecule has 11 nitrogen and oxygen atoms in total.